The van der Waals surface area contributed by atoms with Gasteiger partial charge in [-0.05, 0) is 36.5 Å². The molecule has 0 aliphatic heterocycles. The van der Waals surface area contributed by atoms with Crippen molar-refractivity contribution in [2.24, 2.45) is 5.73 Å². The van der Waals surface area contributed by atoms with Crippen molar-refractivity contribution in [2.75, 3.05) is 19.4 Å². The molecule has 0 aliphatic carbocycles. The molecular weight excluding hydrogens is 344 g/mol. The maximum Gasteiger partial charge on any atom is 0.321 e. The number of nitrogens with zero attached hydrogens (tertiary/aromatic N) is 2. The van der Waals surface area contributed by atoms with Gasteiger partial charge in [0.2, 0.25) is 0 Å². The van der Waals surface area contributed by atoms with Crippen molar-refractivity contribution >= 4 is 40.2 Å². The van der Waals surface area contributed by atoms with Crippen molar-refractivity contribution < 1.29 is 9.59 Å². The van der Waals surface area contributed by atoms with Crippen LogP contribution in [-0.4, -0.2) is 35.3 Å². The molecule has 0 saturated heterocycles. The Morgan fingerprint density at radius 1 is 1.33 bits per heavy atom. The number of nitrogens with two attached hydrogens (primary N) is 1. The summed E-state index contributed by atoms with van der Waals surface area (Å²) in [6.45, 7) is 4.09. The number of hydrogen-bond donors (Lipinski definition) is 2. The second-order valence-corrected chi connectivity index (χ2v) is 7.34. The topological polar surface area (TPSA) is 88.3 Å². The molecule has 2 aromatic rings. The Morgan fingerprint density at radius 2 is 2.04 bits per heavy atom. The van der Waals surface area contributed by atoms with Gasteiger partial charge in [-0.2, -0.15) is 4.37 Å². The van der Waals surface area contributed by atoms with Crippen LogP contribution in [0.4, 0.5) is 9.80 Å². The van der Waals surface area contributed by atoms with E-state index in [1.165, 1.54) is 33.4 Å². The van der Waals surface area contributed by atoms with E-state index in [2.05, 4.69) is 27.9 Å². The molecule has 0 unspecified atom stereocenters. The van der Waals surface area contributed by atoms with Crippen LogP contribution in [0.25, 0.3) is 0 Å². The second kappa shape index (κ2) is 7.67. The molecule has 0 aliphatic rings. The zero-order valence-corrected chi connectivity index (χ0v) is 15.7. The molecule has 1 heterocycles. The van der Waals surface area contributed by atoms with Crippen LogP contribution in [0.3, 0.4) is 0 Å². The highest BCUT2D eigenvalue weighted by atomic mass is 32.2. The normalized spacial score (nSPS) is 10.5. The minimum absolute atomic E-state index is 0.269. The zero-order chi connectivity index (χ0) is 17.9. The molecule has 0 radical (unpaired) electrons. The van der Waals surface area contributed by atoms with Crippen molar-refractivity contribution in [2.45, 2.75) is 24.6 Å². The summed E-state index contributed by atoms with van der Waals surface area (Å²) in [6.07, 6.45) is 0. The molecule has 0 fully saturated rings. The highest BCUT2D eigenvalue weighted by molar-refractivity contribution is 7.98. The Labute approximate surface area is 149 Å². The molecule has 6 nitrogen and oxygen atoms in total. The van der Waals surface area contributed by atoms with Gasteiger partial charge in [-0.3, -0.25) is 10.1 Å². The number of amides is 3. The number of primary amides is 1. The lowest BCUT2D eigenvalue weighted by Crippen LogP contribution is -2.28. The van der Waals surface area contributed by atoms with Crippen LogP contribution in [0.5, 0.6) is 0 Å². The van der Waals surface area contributed by atoms with Crippen LogP contribution in [0.15, 0.2) is 23.2 Å². The molecule has 1 aromatic heterocycles. The summed E-state index contributed by atoms with van der Waals surface area (Å²) in [5.74, 6) is 0.0831. The lowest BCUT2D eigenvalue weighted by molar-refractivity contribution is 0.0998. The van der Waals surface area contributed by atoms with Crippen LogP contribution in [0.1, 0.15) is 27.0 Å². The summed E-state index contributed by atoms with van der Waals surface area (Å²) in [6, 6.07) is 5.93. The molecule has 2 rings (SSSR count). The number of rotatable bonds is 5. The minimum atomic E-state index is -0.596. The molecule has 3 N–H and O–H groups in total. The molecule has 1 aromatic carbocycles. The van der Waals surface area contributed by atoms with Gasteiger partial charge in [-0.25, -0.2) is 4.79 Å². The number of hydrogen-bond acceptors (Lipinski definition) is 5. The molecule has 0 spiro atoms. The van der Waals surface area contributed by atoms with Crippen molar-refractivity contribution in [3.63, 3.8) is 0 Å². The standard InChI is InChI=1S/C16H20N4O2S2/c1-9-5-6-10(2)11(7-9)8-23-15-12(13(17)21)14(24-19-15)18-16(22)20(3)4/h5-7H,8H2,1-4H3,(H2,17,21)(H,18,22). The largest absolute Gasteiger partial charge is 0.365 e. The van der Waals surface area contributed by atoms with Crippen LogP contribution in [0, 0.1) is 13.8 Å². The number of aromatic nitrogens is 1. The number of aryl methyl sites for hydroxylation is 2. The van der Waals surface area contributed by atoms with Crippen molar-refractivity contribution in [1.82, 2.24) is 9.27 Å². The summed E-state index contributed by atoms with van der Waals surface area (Å²) in [7, 11) is 3.24. The van der Waals surface area contributed by atoms with Gasteiger partial charge in [0.05, 0.1) is 0 Å². The van der Waals surface area contributed by atoms with E-state index in [-0.39, 0.29) is 11.6 Å². The lowest BCUT2D eigenvalue weighted by atomic mass is 10.1. The summed E-state index contributed by atoms with van der Waals surface area (Å²) < 4.78 is 4.29. The first-order valence-corrected chi connectivity index (χ1v) is 9.02. The Morgan fingerprint density at radius 3 is 2.67 bits per heavy atom. The third kappa shape index (κ3) is 4.27. The van der Waals surface area contributed by atoms with Gasteiger partial charge in [0.25, 0.3) is 5.91 Å². The molecule has 0 atom stereocenters. The van der Waals surface area contributed by atoms with E-state index in [4.69, 9.17) is 5.73 Å². The van der Waals surface area contributed by atoms with E-state index < -0.39 is 5.91 Å². The number of benzene rings is 1. The van der Waals surface area contributed by atoms with E-state index in [0.29, 0.717) is 15.8 Å². The van der Waals surface area contributed by atoms with Crippen LogP contribution in [-0.2, 0) is 5.75 Å². The van der Waals surface area contributed by atoms with Crippen LogP contribution >= 0.6 is 23.3 Å². The Bertz CT molecular complexity index is 771. The van der Waals surface area contributed by atoms with Crippen molar-refractivity contribution in [3.05, 3.63) is 40.5 Å². The fourth-order valence-electron chi connectivity index (χ4n) is 1.99. The maximum atomic E-state index is 11.8. The van der Waals surface area contributed by atoms with Gasteiger partial charge >= 0.3 is 6.03 Å². The summed E-state index contributed by atoms with van der Waals surface area (Å²) in [4.78, 5) is 25.0. The summed E-state index contributed by atoms with van der Waals surface area (Å²) >= 11 is 2.50. The quantitative estimate of drug-likeness (QED) is 0.797. The summed E-state index contributed by atoms with van der Waals surface area (Å²) in [5.41, 5.74) is 9.30. The molecule has 128 valence electrons. The second-order valence-electron chi connectivity index (χ2n) is 5.60. The van der Waals surface area contributed by atoms with Crippen LogP contribution < -0.4 is 11.1 Å². The average Bonchev–Trinajstić information content (AvgIpc) is 2.90. The van der Waals surface area contributed by atoms with Crippen LogP contribution in [0.2, 0.25) is 0 Å². The number of carbonyl (C=O) groups excluding carboxylic acids is 2. The molecule has 3 amide bonds. The smallest absolute Gasteiger partial charge is 0.321 e. The molecule has 24 heavy (non-hydrogen) atoms. The third-order valence-electron chi connectivity index (χ3n) is 3.40. The van der Waals surface area contributed by atoms with Gasteiger partial charge in [0.15, 0.2) is 0 Å². The van der Waals surface area contributed by atoms with E-state index >= 15 is 0 Å². The van der Waals surface area contributed by atoms with Gasteiger partial charge < -0.3 is 10.6 Å². The first kappa shape index (κ1) is 18.3. The lowest BCUT2D eigenvalue weighted by Gasteiger charge is -2.11. The predicted molar refractivity (Wildman–Crippen MR) is 98.8 cm³/mol. The average molecular weight is 364 g/mol. The van der Waals surface area contributed by atoms with E-state index in [0.717, 1.165) is 11.5 Å². The van der Waals surface area contributed by atoms with E-state index in [1.807, 2.05) is 13.8 Å². The number of urea groups is 1. The SMILES string of the molecule is Cc1ccc(C)c(CSc2nsc(NC(=O)N(C)C)c2C(N)=O)c1. The highest BCUT2D eigenvalue weighted by Gasteiger charge is 2.21. The molecule has 8 heteroatoms. The predicted octanol–water partition coefficient (Wildman–Crippen LogP) is 3.24. The Balaban J connectivity index is 2.21. The van der Waals surface area contributed by atoms with Gasteiger partial charge in [-0.1, -0.05) is 35.5 Å². The Hall–Kier alpha value is -2.06. The van der Waals surface area contributed by atoms with E-state index in [1.54, 1.807) is 14.1 Å². The zero-order valence-electron chi connectivity index (χ0n) is 14.0. The van der Waals surface area contributed by atoms with Gasteiger partial charge in [0.1, 0.15) is 15.6 Å². The monoisotopic (exact) mass is 364 g/mol. The Kier molecular flexibility index (Phi) is 5.84. The fraction of sp³-hybridized carbons (Fsp3) is 0.312. The van der Waals surface area contributed by atoms with Gasteiger partial charge in [0, 0.05) is 19.8 Å². The van der Waals surface area contributed by atoms with Crippen molar-refractivity contribution in [3.8, 4) is 0 Å². The van der Waals surface area contributed by atoms with Crippen molar-refractivity contribution in [1.29, 1.82) is 0 Å². The third-order valence-corrected chi connectivity index (χ3v) is 5.31. The van der Waals surface area contributed by atoms with Gasteiger partial charge in [-0.15, -0.1) is 0 Å². The number of thioether (sulfide) groups is 1. The highest BCUT2D eigenvalue weighted by Crippen LogP contribution is 2.34. The molecule has 0 bridgehead atoms. The number of anilines is 1. The number of nitrogens with one attached hydrogen (secondary N) is 1. The first-order valence-electron chi connectivity index (χ1n) is 7.26. The molecule has 0 saturated carbocycles. The minimum Gasteiger partial charge on any atom is -0.365 e. The first-order chi connectivity index (χ1) is 11.3. The maximum absolute atomic E-state index is 11.8. The van der Waals surface area contributed by atoms with E-state index in [9.17, 15) is 9.59 Å². The summed E-state index contributed by atoms with van der Waals surface area (Å²) in [5, 5.41) is 3.58. The number of carbonyl (C=O) groups is 2. The fourth-order valence-corrected chi connectivity index (χ4v) is 4.01. The molecular formula is C16H20N4O2S2.